The van der Waals surface area contributed by atoms with E-state index in [-0.39, 0.29) is 27.1 Å². The minimum absolute atomic E-state index is 0.136. The molecule has 20 heavy (non-hydrogen) atoms. The molecule has 0 aliphatic carbocycles. The van der Waals surface area contributed by atoms with Gasteiger partial charge in [-0.2, -0.15) is 0 Å². The number of hydrogen-bond donors (Lipinski definition) is 2. The summed E-state index contributed by atoms with van der Waals surface area (Å²) in [5, 5.41) is 4.92. The van der Waals surface area contributed by atoms with Crippen LogP contribution in [0.3, 0.4) is 0 Å². The molecule has 2 aromatic rings. The number of rotatable bonds is 3. The van der Waals surface area contributed by atoms with Crippen molar-refractivity contribution in [2.45, 2.75) is 4.90 Å². The molecule has 0 aliphatic rings. The van der Waals surface area contributed by atoms with E-state index in [9.17, 15) is 12.8 Å². The van der Waals surface area contributed by atoms with Gasteiger partial charge in [0.2, 0.25) is 10.0 Å². The Balaban J connectivity index is 2.52. The summed E-state index contributed by atoms with van der Waals surface area (Å²) < 4.78 is 41.9. The molecule has 0 atom stereocenters. The van der Waals surface area contributed by atoms with Crippen LogP contribution in [0, 0.1) is 5.82 Å². The van der Waals surface area contributed by atoms with Crippen molar-refractivity contribution in [2.75, 3.05) is 5.73 Å². The maximum atomic E-state index is 13.7. The van der Waals surface area contributed by atoms with Gasteiger partial charge >= 0.3 is 0 Å². The number of anilines is 1. The molecule has 4 N–H and O–H groups in total. The number of hydrogen-bond acceptors (Lipinski definition) is 4. The summed E-state index contributed by atoms with van der Waals surface area (Å²) in [5.74, 6) is -1.15. The molecule has 106 valence electrons. The van der Waals surface area contributed by atoms with E-state index in [2.05, 4.69) is 0 Å². The Morgan fingerprint density at radius 2 is 1.85 bits per heavy atom. The molecule has 0 saturated heterocycles. The molecule has 0 bridgehead atoms. The van der Waals surface area contributed by atoms with Crippen molar-refractivity contribution >= 4 is 27.3 Å². The van der Waals surface area contributed by atoms with Crippen LogP contribution in [0.2, 0.25) is 5.02 Å². The Kier molecular flexibility index (Phi) is 3.85. The fourth-order valence-corrected chi connectivity index (χ4v) is 2.37. The van der Waals surface area contributed by atoms with E-state index in [1.165, 1.54) is 30.3 Å². The summed E-state index contributed by atoms with van der Waals surface area (Å²) >= 11 is 5.62. The highest BCUT2D eigenvalue weighted by Crippen LogP contribution is 2.33. The molecule has 0 aliphatic heterocycles. The lowest BCUT2D eigenvalue weighted by Gasteiger charge is -2.11. The fraction of sp³-hybridized carbons (Fsp3) is 0. The smallest absolute Gasteiger partial charge is 0.241 e. The van der Waals surface area contributed by atoms with Crippen molar-refractivity contribution in [3.05, 3.63) is 47.2 Å². The number of ether oxygens (including phenoxy) is 1. The third-order valence-corrected chi connectivity index (χ3v) is 3.63. The second kappa shape index (κ2) is 5.28. The Hall–Kier alpha value is -1.83. The van der Waals surface area contributed by atoms with Crippen LogP contribution in [0.25, 0.3) is 0 Å². The Bertz CT molecular complexity index is 765. The van der Waals surface area contributed by atoms with E-state index >= 15 is 0 Å². The van der Waals surface area contributed by atoms with Gasteiger partial charge in [0.05, 0.1) is 5.02 Å². The van der Waals surface area contributed by atoms with E-state index in [0.717, 1.165) is 6.07 Å². The van der Waals surface area contributed by atoms with Gasteiger partial charge in [0.25, 0.3) is 0 Å². The first-order chi connectivity index (χ1) is 9.29. The second-order valence-electron chi connectivity index (χ2n) is 3.91. The molecule has 2 aromatic carbocycles. The summed E-state index contributed by atoms with van der Waals surface area (Å²) in [7, 11) is -4.06. The largest absolute Gasteiger partial charge is 0.453 e. The van der Waals surface area contributed by atoms with E-state index in [4.69, 9.17) is 27.2 Å². The first kappa shape index (κ1) is 14.6. The normalized spacial score (nSPS) is 11.3. The molecular formula is C12H10ClFN2O3S. The van der Waals surface area contributed by atoms with Gasteiger partial charge in [0.15, 0.2) is 11.6 Å². The van der Waals surface area contributed by atoms with Crippen LogP contribution in [0.15, 0.2) is 41.3 Å². The van der Waals surface area contributed by atoms with Crippen LogP contribution in [0.1, 0.15) is 0 Å². The standard InChI is InChI=1S/C12H10ClFN2O3S/c13-8-2-1-3-10(12(8)14)19-9-5-4-7(15)6-11(9)20(16,17)18/h1-6H,15H2,(H2,16,17,18). The summed E-state index contributed by atoms with van der Waals surface area (Å²) in [6, 6.07) is 7.95. The zero-order chi connectivity index (χ0) is 14.9. The van der Waals surface area contributed by atoms with Crippen molar-refractivity contribution in [1.82, 2.24) is 0 Å². The predicted octanol–water partition coefficient (Wildman–Crippen LogP) is 2.50. The predicted molar refractivity (Wildman–Crippen MR) is 73.7 cm³/mol. The molecular weight excluding hydrogens is 307 g/mol. The van der Waals surface area contributed by atoms with Crippen LogP contribution in [-0.2, 0) is 10.0 Å². The quantitative estimate of drug-likeness (QED) is 0.850. The lowest BCUT2D eigenvalue weighted by atomic mass is 10.3. The van der Waals surface area contributed by atoms with Crippen LogP contribution in [0.4, 0.5) is 10.1 Å². The highest BCUT2D eigenvalue weighted by molar-refractivity contribution is 7.89. The fourth-order valence-electron chi connectivity index (χ4n) is 1.51. The number of sulfonamides is 1. The van der Waals surface area contributed by atoms with Crippen molar-refractivity contribution < 1.29 is 17.5 Å². The van der Waals surface area contributed by atoms with Crippen LogP contribution in [0.5, 0.6) is 11.5 Å². The number of halogens is 2. The van der Waals surface area contributed by atoms with Crippen molar-refractivity contribution in [2.24, 2.45) is 5.14 Å². The van der Waals surface area contributed by atoms with E-state index in [0.29, 0.717) is 0 Å². The van der Waals surface area contributed by atoms with Gasteiger partial charge in [-0.3, -0.25) is 0 Å². The highest BCUT2D eigenvalue weighted by atomic mass is 35.5. The average Bonchev–Trinajstić information content (AvgIpc) is 2.36. The molecule has 0 aromatic heterocycles. The minimum Gasteiger partial charge on any atom is -0.453 e. The molecule has 0 radical (unpaired) electrons. The monoisotopic (exact) mass is 316 g/mol. The van der Waals surface area contributed by atoms with Crippen LogP contribution in [-0.4, -0.2) is 8.42 Å². The Morgan fingerprint density at radius 3 is 2.50 bits per heavy atom. The van der Waals surface area contributed by atoms with Crippen molar-refractivity contribution in [3.8, 4) is 11.5 Å². The number of nitrogens with two attached hydrogens (primary N) is 2. The van der Waals surface area contributed by atoms with Crippen LogP contribution < -0.4 is 15.6 Å². The highest BCUT2D eigenvalue weighted by Gasteiger charge is 2.18. The van der Waals surface area contributed by atoms with Crippen molar-refractivity contribution in [3.63, 3.8) is 0 Å². The summed E-state index contributed by atoms with van der Waals surface area (Å²) in [6.07, 6.45) is 0. The molecule has 0 saturated carbocycles. The summed E-state index contributed by atoms with van der Waals surface area (Å²) in [6.45, 7) is 0. The lowest BCUT2D eigenvalue weighted by Crippen LogP contribution is -2.13. The maximum absolute atomic E-state index is 13.7. The van der Waals surface area contributed by atoms with Gasteiger partial charge in [-0.15, -0.1) is 0 Å². The molecule has 8 heteroatoms. The first-order valence-electron chi connectivity index (χ1n) is 5.33. The van der Waals surface area contributed by atoms with Crippen molar-refractivity contribution in [1.29, 1.82) is 0 Å². The van der Waals surface area contributed by atoms with Gasteiger partial charge in [0, 0.05) is 5.69 Å². The van der Waals surface area contributed by atoms with Crippen LogP contribution >= 0.6 is 11.6 Å². The lowest BCUT2D eigenvalue weighted by molar-refractivity contribution is 0.432. The Morgan fingerprint density at radius 1 is 1.15 bits per heavy atom. The molecule has 0 fully saturated rings. The SMILES string of the molecule is Nc1ccc(Oc2cccc(Cl)c2F)c(S(N)(=O)=O)c1. The van der Waals surface area contributed by atoms with Gasteiger partial charge in [0.1, 0.15) is 10.6 Å². The zero-order valence-electron chi connectivity index (χ0n) is 10.0. The Labute approximate surface area is 120 Å². The topological polar surface area (TPSA) is 95.4 Å². The average molecular weight is 317 g/mol. The van der Waals surface area contributed by atoms with E-state index < -0.39 is 15.8 Å². The number of benzene rings is 2. The second-order valence-corrected chi connectivity index (χ2v) is 5.84. The molecule has 2 rings (SSSR count). The van der Waals surface area contributed by atoms with Gasteiger partial charge in [-0.1, -0.05) is 17.7 Å². The van der Waals surface area contributed by atoms with Gasteiger partial charge in [-0.05, 0) is 30.3 Å². The summed E-state index contributed by atoms with van der Waals surface area (Å²) in [5.41, 5.74) is 5.69. The number of nitrogen functional groups attached to an aromatic ring is 1. The van der Waals surface area contributed by atoms with E-state index in [1.54, 1.807) is 0 Å². The first-order valence-corrected chi connectivity index (χ1v) is 7.25. The third kappa shape index (κ3) is 3.01. The summed E-state index contributed by atoms with van der Waals surface area (Å²) in [4.78, 5) is -0.336. The molecule has 0 amide bonds. The molecule has 0 spiro atoms. The molecule has 5 nitrogen and oxygen atoms in total. The zero-order valence-corrected chi connectivity index (χ0v) is 11.6. The maximum Gasteiger partial charge on any atom is 0.241 e. The third-order valence-electron chi connectivity index (χ3n) is 2.41. The van der Waals surface area contributed by atoms with Gasteiger partial charge in [-0.25, -0.2) is 17.9 Å². The van der Waals surface area contributed by atoms with E-state index in [1.807, 2.05) is 0 Å². The minimum atomic E-state index is -4.06. The molecule has 0 unspecified atom stereocenters. The molecule has 0 heterocycles. The van der Waals surface area contributed by atoms with Gasteiger partial charge < -0.3 is 10.5 Å². The number of primary sulfonamides is 1.